The van der Waals surface area contributed by atoms with Gasteiger partial charge in [-0.05, 0) is 30.3 Å². The van der Waals surface area contributed by atoms with Gasteiger partial charge >= 0.3 is 5.97 Å². The second-order valence-electron chi connectivity index (χ2n) is 3.68. The van der Waals surface area contributed by atoms with Crippen molar-refractivity contribution in [3.05, 3.63) is 46.9 Å². The summed E-state index contributed by atoms with van der Waals surface area (Å²) in [6.07, 6.45) is 0. The second-order valence-corrected chi connectivity index (χ2v) is 4.12. The van der Waals surface area contributed by atoms with Crippen LogP contribution in [-0.2, 0) is 4.74 Å². The van der Waals surface area contributed by atoms with Gasteiger partial charge in [-0.25, -0.2) is 14.2 Å². The number of carbonyl (C=O) groups excluding carboxylic acids is 1. The summed E-state index contributed by atoms with van der Waals surface area (Å²) in [4.78, 5) is 15.3. The Morgan fingerprint density at radius 1 is 1.37 bits per heavy atom. The summed E-state index contributed by atoms with van der Waals surface area (Å²) >= 11 is 5.66. The number of rotatable bonds is 2. The Morgan fingerprint density at radius 2 is 2.11 bits per heavy atom. The van der Waals surface area contributed by atoms with Gasteiger partial charge in [0.15, 0.2) is 5.69 Å². The maximum atomic E-state index is 13.7. The number of ether oxygens (including phenoxy) is 1. The minimum atomic E-state index is -0.797. The number of methoxy groups -OCH3 is 1. The molecule has 0 radical (unpaired) electrons. The highest BCUT2D eigenvalue weighted by atomic mass is 35.5. The maximum Gasteiger partial charge on any atom is 0.360 e. The molecule has 0 fully saturated rings. The molecule has 0 spiro atoms. The van der Waals surface area contributed by atoms with E-state index >= 15 is 0 Å². The molecule has 0 aliphatic heterocycles. The fourth-order valence-corrected chi connectivity index (χ4v) is 1.70. The zero-order valence-electron chi connectivity index (χ0n) is 9.85. The summed E-state index contributed by atoms with van der Waals surface area (Å²) in [5.41, 5.74) is 0.108. The van der Waals surface area contributed by atoms with E-state index in [0.717, 1.165) is 6.07 Å². The van der Waals surface area contributed by atoms with Crippen LogP contribution in [0.15, 0.2) is 30.3 Å². The lowest BCUT2D eigenvalue weighted by atomic mass is 10.1. The van der Waals surface area contributed by atoms with Gasteiger partial charge in [0.05, 0.1) is 12.8 Å². The molecular weight excluding hydrogens is 273 g/mol. The highest BCUT2D eigenvalue weighted by molar-refractivity contribution is 6.30. The van der Waals surface area contributed by atoms with Crippen LogP contribution in [0.1, 0.15) is 10.5 Å². The van der Waals surface area contributed by atoms with E-state index in [-0.39, 0.29) is 27.7 Å². The molecule has 0 unspecified atom stereocenters. The third-order valence-electron chi connectivity index (χ3n) is 2.46. The number of hydrogen-bond acceptors (Lipinski definition) is 4. The molecule has 4 nitrogen and oxygen atoms in total. The normalized spacial score (nSPS) is 10.3. The van der Waals surface area contributed by atoms with Gasteiger partial charge in [0.2, 0.25) is 0 Å². The number of aromatic nitrogens is 1. The summed E-state index contributed by atoms with van der Waals surface area (Å²) < 4.78 is 18.2. The molecule has 98 valence electrons. The van der Waals surface area contributed by atoms with E-state index in [9.17, 15) is 14.3 Å². The summed E-state index contributed by atoms with van der Waals surface area (Å²) in [6, 6.07) is 6.74. The molecule has 1 aromatic heterocycles. The molecule has 1 N–H and O–H groups in total. The number of benzene rings is 1. The Hall–Kier alpha value is -2.14. The first-order chi connectivity index (χ1) is 9.02. The van der Waals surface area contributed by atoms with Gasteiger partial charge in [-0.3, -0.25) is 0 Å². The van der Waals surface area contributed by atoms with Crippen molar-refractivity contribution < 1.29 is 19.0 Å². The largest absolute Gasteiger partial charge is 0.505 e. The summed E-state index contributed by atoms with van der Waals surface area (Å²) in [5, 5.41) is 9.78. The van der Waals surface area contributed by atoms with E-state index in [1.807, 2.05) is 0 Å². The van der Waals surface area contributed by atoms with Gasteiger partial charge in [0.1, 0.15) is 11.6 Å². The van der Waals surface area contributed by atoms with Crippen LogP contribution >= 0.6 is 11.6 Å². The van der Waals surface area contributed by atoms with E-state index in [4.69, 9.17) is 11.6 Å². The molecule has 0 saturated heterocycles. The van der Waals surface area contributed by atoms with Crippen molar-refractivity contribution in [3.63, 3.8) is 0 Å². The van der Waals surface area contributed by atoms with Crippen LogP contribution in [0.4, 0.5) is 4.39 Å². The van der Waals surface area contributed by atoms with Gasteiger partial charge in [-0.15, -0.1) is 0 Å². The quantitative estimate of drug-likeness (QED) is 0.860. The lowest BCUT2D eigenvalue weighted by molar-refractivity contribution is 0.0590. The lowest BCUT2D eigenvalue weighted by Gasteiger charge is -2.06. The van der Waals surface area contributed by atoms with E-state index in [2.05, 4.69) is 9.72 Å². The van der Waals surface area contributed by atoms with Crippen LogP contribution in [0.25, 0.3) is 11.3 Å². The zero-order valence-corrected chi connectivity index (χ0v) is 10.6. The minimum absolute atomic E-state index is 0.176. The Morgan fingerprint density at radius 3 is 2.74 bits per heavy atom. The molecule has 0 amide bonds. The highest BCUT2D eigenvalue weighted by Gasteiger charge is 2.16. The predicted octanol–water partition coefficient (Wildman–Crippen LogP) is 3.03. The van der Waals surface area contributed by atoms with Gasteiger partial charge in [-0.1, -0.05) is 11.6 Å². The van der Waals surface area contributed by atoms with Crippen molar-refractivity contribution in [1.29, 1.82) is 0 Å². The Balaban J connectivity index is 2.54. The predicted molar refractivity (Wildman–Crippen MR) is 67.6 cm³/mol. The number of hydrogen-bond donors (Lipinski definition) is 1. The molecule has 0 aliphatic carbocycles. The molecular formula is C13H9ClFNO3. The number of halogens is 2. The van der Waals surface area contributed by atoms with Crippen molar-refractivity contribution >= 4 is 17.6 Å². The third kappa shape index (κ3) is 2.66. The fraction of sp³-hybridized carbons (Fsp3) is 0.0769. The monoisotopic (exact) mass is 281 g/mol. The third-order valence-corrected chi connectivity index (χ3v) is 2.69. The lowest BCUT2D eigenvalue weighted by Crippen LogP contribution is -2.05. The van der Waals surface area contributed by atoms with Crippen LogP contribution in [0, 0.1) is 5.82 Å². The van der Waals surface area contributed by atoms with E-state index < -0.39 is 11.8 Å². The first kappa shape index (κ1) is 13.3. The average Bonchev–Trinajstić information content (AvgIpc) is 2.39. The van der Waals surface area contributed by atoms with E-state index in [0.29, 0.717) is 0 Å². The molecule has 2 aromatic rings. The van der Waals surface area contributed by atoms with Crippen molar-refractivity contribution in [2.45, 2.75) is 0 Å². The Kier molecular flexibility index (Phi) is 3.66. The van der Waals surface area contributed by atoms with Crippen LogP contribution in [0.2, 0.25) is 5.02 Å². The molecule has 19 heavy (non-hydrogen) atoms. The van der Waals surface area contributed by atoms with Crippen LogP contribution in [0.5, 0.6) is 5.75 Å². The van der Waals surface area contributed by atoms with Gasteiger partial charge in [0, 0.05) is 10.6 Å². The van der Waals surface area contributed by atoms with Crippen molar-refractivity contribution in [3.8, 4) is 17.0 Å². The number of nitrogens with zero attached hydrogens (tertiary/aromatic N) is 1. The van der Waals surface area contributed by atoms with Crippen molar-refractivity contribution in [1.82, 2.24) is 4.98 Å². The Labute approximate surface area is 113 Å². The molecule has 0 atom stereocenters. The first-order valence-corrected chi connectivity index (χ1v) is 5.64. The zero-order chi connectivity index (χ0) is 14.0. The molecule has 6 heteroatoms. The van der Waals surface area contributed by atoms with E-state index in [1.165, 1.54) is 31.4 Å². The molecule has 2 rings (SSSR count). The van der Waals surface area contributed by atoms with Crippen LogP contribution in [0.3, 0.4) is 0 Å². The highest BCUT2D eigenvalue weighted by Crippen LogP contribution is 2.26. The fourth-order valence-electron chi connectivity index (χ4n) is 1.55. The molecule has 1 heterocycles. The topological polar surface area (TPSA) is 59.4 Å². The number of carbonyl (C=O) groups is 1. The first-order valence-electron chi connectivity index (χ1n) is 5.26. The second kappa shape index (κ2) is 5.24. The van der Waals surface area contributed by atoms with E-state index in [1.54, 1.807) is 0 Å². The summed E-state index contributed by atoms with van der Waals surface area (Å²) in [5.74, 6) is -1.69. The maximum absolute atomic E-state index is 13.7. The molecule has 0 saturated carbocycles. The average molecular weight is 282 g/mol. The minimum Gasteiger partial charge on any atom is -0.505 e. The number of aromatic hydroxyl groups is 1. The number of pyridine rings is 1. The van der Waals surface area contributed by atoms with Crippen molar-refractivity contribution in [2.24, 2.45) is 0 Å². The van der Waals surface area contributed by atoms with Gasteiger partial charge in [-0.2, -0.15) is 0 Å². The van der Waals surface area contributed by atoms with Gasteiger partial charge < -0.3 is 9.84 Å². The molecule has 0 bridgehead atoms. The molecule has 0 aliphatic rings. The summed E-state index contributed by atoms with van der Waals surface area (Å²) in [6.45, 7) is 0. The summed E-state index contributed by atoms with van der Waals surface area (Å²) in [7, 11) is 1.17. The Bertz CT molecular complexity index is 646. The number of esters is 1. The standard InChI is InChI=1S/C13H9ClFNO3/c1-19-13(18)12-11(17)5-4-10(16-12)8-3-2-7(14)6-9(8)15/h2-6,17H,1H3. The molecule has 1 aromatic carbocycles. The SMILES string of the molecule is COC(=O)c1nc(-c2ccc(Cl)cc2F)ccc1O. The van der Waals surface area contributed by atoms with Crippen molar-refractivity contribution in [2.75, 3.05) is 7.11 Å². The van der Waals surface area contributed by atoms with Crippen LogP contribution < -0.4 is 0 Å². The smallest absolute Gasteiger partial charge is 0.360 e. The van der Waals surface area contributed by atoms with Crippen LogP contribution in [-0.4, -0.2) is 23.2 Å². The van der Waals surface area contributed by atoms with Gasteiger partial charge in [0.25, 0.3) is 0 Å².